The zero-order valence-corrected chi connectivity index (χ0v) is 72.5. The van der Waals surface area contributed by atoms with Crippen molar-refractivity contribution in [3.05, 3.63) is 369 Å². The molecule has 6 aliphatic rings. The number of hydrogen-bond donors (Lipinski definition) is 5. The number of halogens is 6. The number of aryl methyl sites for hydroxylation is 3. The number of pyridine rings is 3. The van der Waals surface area contributed by atoms with Crippen LogP contribution in [0.5, 0.6) is 17.2 Å². The van der Waals surface area contributed by atoms with Crippen LogP contribution in [0.3, 0.4) is 0 Å². The third-order valence-electron chi connectivity index (χ3n) is 22.3. The quantitative estimate of drug-likeness (QED) is 0.0499. The number of hydrazine groups is 1. The minimum atomic E-state index is -3.76. The van der Waals surface area contributed by atoms with Crippen molar-refractivity contribution in [3.8, 4) is 17.2 Å². The highest BCUT2D eigenvalue weighted by Crippen LogP contribution is 2.68. The Hall–Kier alpha value is -9.20. The van der Waals surface area contributed by atoms with Crippen molar-refractivity contribution in [2.75, 3.05) is 11.8 Å². The zero-order valence-electron chi connectivity index (χ0n) is 63.0. The maximum Gasteiger partial charge on any atom is 0.253 e. The first kappa shape index (κ1) is 83.8. The van der Waals surface area contributed by atoms with Crippen LogP contribution in [0.15, 0.2) is 311 Å². The van der Waals surface area contributed by atoms with Crippen molar-refractivity contribution >= 4 is 129 Å². The second-order valence-corrected chi connectivity index (χ2v) is 39.0. The van der Waals surface area contributed by atoms with Crippen LogP contribution in [0.2, 0.25) is 15.1 Å². The molecule has 0 amide bonds. The van der Waals surface area contributed by atoms with Gasteiger partial charge in [0.25, 0.3) is 10.0 Å². The summed E-state index contributed by atoms with van der Waals surface area (Å²) in [6, 6.07) is 76.4. The molecule has 118 heavy (non-hydrogen) atoms. The largest absolute Gasteiger partial charge is 0.476 e. The molecule has 12 aromatic rings. The minimum absolute atomic E-state index is 0.153. The van der Waals surface area contributed by atoms with Crippen LogP contribution < -0.4 is 24.9 Å². The third-order valence-corrected chi connectivity index (χ3v) is 28.7. The molecule has 602 valence electrons. The van der Waals surface area contributed by atoms with Gasteiger partial charge in [0.15, 0.2) is 53.5 Å². The van der Waals surface area contributed by atoms with Crippen molar-refractivity contribution in [2.45, 2.75) is 106 Å². The maximum absolute atomic E-state index is 13.3. The lowest BCUT2D eigenvalue weighted by molar-refractivity contribution is -0.151. The van der Waals surface area contributed by atoms with E-state index in [-0.39, 0.29) is 62.7 Å². The Kier molecular flexibility index (Phi) is 23.3. The highest BCUT2D eigenvalue weighted by Gasteiger charge is 2.76. The average Bonchev–Trinajstić information content (AvgIpc) is 1.54. The van der Waals surface area contributed by atoms with Gasteiger partial charge in [-0.3, -0.25) is 35.6 Å². The molecular weight excluding hydrogens is 1820 g/mol. The molecule has 3 aromatic heterocycles. The van der Waals surface area contributed by atoms with Crippen molar-refractivity contribution in [2.24, 2.45) is 15.8 Å². The molecule has 3 aliphatic carbocycles. The average molecular weight is 1890 g/mol. The van der Waals surface area contributed by atoms with Gasteiger partial charge in [-0.1, -0.05) is 263 Å². The zero-order chi connectivity index (χ0) is 83.5. The number of Topliss-reactive ketones (excluding diaryl/α,β-unsaturated/α-hetero) is 1. The van der Waals surface area contributed by atoms with Gasteiger partial charge >= 0.3 is 0 Å². The molecule has 6 N–H and O–H groups in total. The van der Waals surface area contributed by atoms with Crippen LogP contribution in [0.1, 0.15) is 104 Å². The van der Waals surface area contributed by atoms with Gasteiger partial charge in [0, 0.05) is 87.2 Å². The molecule has 9 aromatic carbocycles. The van der Waals surface area contributed by atoms with Gasteiger partial charge in [0.1, 0.15) is 46.1 Å². The SMILES string of the molecule is Cc1ccc(S(=O)(=O)CN=C2C[C@@H](c3ccccc3)[C@]3(c4ccc(Br)cc4)Oc4cc(Cl)cnc4[C@]23O)cc1.Cc1ccc(S(=O)(=O)CN=C2C[C@@H](c3ccccc3)[C@]3(c4ccc(Br)cc4)Oc4cc(Cl)cnc4[C@]23O)cc1.Cc1ccc(S(=O)(=O)NN)cc1.O=C1C[C@@H](c2ccccc2)[C@]2(c3ccc(Br)cc3)Oc3cc(Cl)cnc3[C@]12O. The van der Waals surface area contributed by atoms with E-state index in [2.05, 4.69) is 72.7 Å². The number of aliphatic imine (C=N–C) groups is 2. The van der Waals surface area contributed by atoms with E-state index in [1.165, 1.54) is 30.7 Å². The summed E-state index contributed by atoms with van der Waals surface area (Å²) in [5.41, 5.74) is -0.440. The fourth-order valence-corrected chi connectivity index (χ4v) is 20.7. The van der Waals surface area contributed by atoms with Gasteiger partial charge in [0.05, 0.1) is 41.2 Å². The van der Waals surface area contributed by atoms with Crippen molar-refractivity contribution in [3.63, 3.8) is 0 Å². The molecule has 0 saturated heterocycles. The van der Waals surface area contributed by atoms with Gasteiger partial charge in [-0.25, -0.2) is 25.3 Å². The third kappa shape index (κ3) is 14.7. The number of carbonyl (C=O) groups is 1. The monoisotopic (exact) mass is 1890 g/mol. The summed E-state index contributed by atoms with van der Waals surface area (Å²) in [7, 11) is -11.0. The number of benzene rings is 9. The smallest absolute Gasteiger partial charge is 0.253 e. The molecule has 0 unspecified atom stereocenters. The van der Waals surface area contributed by atoms with Crippen LogP contribution in [0.25, 0.3) is 0 Å². The predicted molar refractivity (Wildman–Crippen MR) is 462 cm³/mol. The van der Waals surface area contributed by atoms with Crippen molar-refractivity contribution in [1.29, 1.82) is 0 Å². The lowest BCUT2D eigenvalue weighted by Gasteiger charge is -2.39. The second kappa shape index (κ2) is 32.7. The number of rotatable bonds is 14. The number of ether oxygens (including phenoxy) is 3. The van der Waals surface area contributed by atoms with E-state index in [0.29, 0.717) is 60.4 Å². The normalized spacial score (nSPS) is 24.2. The van der Waals surface area contributed by atoms with Gasteiger partial charge in [-0.15, -0.1) is 0 Å². The number of nitrogens with one attached hydrogen (secondary N) is 1. The first-order valence-corrected chi connectivity index (χ1v) is 45.3. The Morgan fingerprint density at radius 1 is 0.415 bits per heavy atom. The summed E-state index contributed by atoms with van der Waals surface area (Å²) in [4.78, 5) is 38.1. The molecule has 0 bridgehead atoms. The molecule has 9 atom stereocenters. The van der Waals surface area contributed by atoms with E-state index in [1.54, 1.807) is 83.7 Å². The molecule has 29 heteroatoms. The standard InChI is InChI=1S/2C30H24BrClN2O4S.C22H15BrClNO3.C7H10N2O2S/c2*1-19-7-13-24(14-8-19)39(36,37)18-34-27-16-25(20-5-3-2-4-6-20)30(21-9-11-22(31)12-10-21)29(27,35)28-26(38-30)15-23(32)17-33-28;23-15-8-6-14(7-9-15)22-17(13-4-2-1-3-5-13)11-19(26)21(22,27)20-18(28-22)10-16(24)12-25-20;1-6-2-4-7(5-3-6)12(10,11)9-8/h2*2-15,17,25,35H,16,18H2,1H3;1-10,12,17,27H,11H2;2-5,9H,8H2,1H3/t2*25-,29+,30-;17-,21+,22-;/m000./s1. The van der Waals surface area contributed by atoms with E-state index in [0.717, 1.165) is 46.8 Å². The van der Waals surface area contributed by atoms with Crippen LogP contribution >= 0.6 is 82.6 Å². The number of nitrogens with two attached hydrogens (primary N) is 1. The van der Waals surface area contributed by atoms with E-state index in [9.17, 15) is 45.4 Å². The number of aromatic nitrogens is 3. The Morgan fingerprint density at radius 2 is 0.695 bits per heavy atom. The summed E-state index contributed by atoms with van der Waals surface area (Å²) in [5, 5.41) is 38.5. The van der Waals surface area contributed by atoms with Gasteiger partial charge in [-0.05, 0) is 127 Å². The van der Waals surface area contributed by atoms with E-state index < -0.39 is 86.9 Å². The first-order chi connectivity index (χ1) is 56.3. The molecular formula is C89H73Br3Cl3N7O13S3. The number of fused-ring (bicyclic) bond motifs is 9. The molecule has 3 fully saturated rings. The number of aliphatic hydroxyl groups is 3. The van der Waals surface area contributed by atoms with Crippen LogP contribution in [-0.2, 0) is 68.1 Å². The Morgan fingerprint density at radius 3 is 1.00 bits per heavy atom. The van der Waals surface area contributed by atoms with Crippen molar-refractivity contribution in [1.82, 2.24) is 19.8 Å². The highest BCUT2D eigenvalue weighted by molar-refractivity contribution is 9.11. The summed E-state index contributed by atoms with van der Waals surface area (Å²) >= 11 is 29.1. The molecule has 6 heterocycles. The lowest BCUT2D eigenvalue weighted by atomic mass is 9.72. The lowest BCUT2D eigenvalue weighted by Crippen LogP contribution is -2.51. The van der Waals surface area contributed by atoms with Gasteiger partial charge in [0.2, 0.25) is 5.60 Å². The topological polar surface area (TPSA) is 309 Å². The second-order valence-electron chi connectivity index (χ2n) is 29.3. The number of carbonyl (C=O) groups excluding carboxylic acids is 1. The first-order valence-electron chi connectivity index (χ1n) is 37.0. The summed E-state index contributed by atoms with van der Waals surface area (Å²) in [5.74, 6) is 3.32. The van der Waals surface area contributed by atoms with Gasteiger partial charge < -0.3 is 29.5 Å². The number of nitrogens with zero attached hydrogens (tertiary/aromatic N) is 5. The molecule has 20 nitrogen and oxygen atoms in total. The number of sulfonamides is 1. The number of hydrogen-bond acceptors (Lipinski definition) is 19. The minimum Gasteiger partial charge on any atom is -0.476 e. The fourth-order valence-electron chi connectivity index (χ4n) is 16.8. The molecule has 0 spiro atoms. The Bertz CT molecular complexity index is 6020. The Labute approximate surface area is 722 Å². The molecule has 3 saturated carbocycles. The van der Waals surface area contributed by atoms with Crippen LogP contribution in [-0.4, -0.2) is 84.5 Å². The van der Waals surface area contributed by atoms with Crippen molar-refractivity contribution < 1.29 is 59.6 Å². The van der Waals surface area contributed by atoms with Gasteiger partial charge in [-0.2, -0.15) is 4.83 Å². The maximum atomic E-state index is 13.3. The number of ketones is 1. The predicted octanol–water partition coefficient (Wildman–Crippen LogP) is 17.6. The van der Waals surface area contributed by atoms with E-state index in [1.807, 2.05) is 185 Å². The highest BCUT2D eigenvalue weighted by atomic mass is 79.9. The molecule has 3 aliphatic heterocycles. The summed E-state index contributed by atoms with van der Waals surface area (Å²) < 4.78 is 97.7. The molecule has 0 radical (unpaired) electrons. The molecule has 18 rings (SSSR count). The summed E-state index contributed by atoms with van der Waals surface area (Å²) in [6.07, 6.45) is 5.03. The van der Waals surface area contributed by atoms with Crippen LogP contribution in [0, 0.1) is 20.8 Å². The fraction of sp³-hybridized carbons (Fsp3) is 0.191. The van der Waals surface area contributed by atoms with Crippen LogP contribution in [0.4, 0.5) is 0 Å². The van der Waals surface area contributed by atoms with E-state index in [4.69, 9.17) is 54.9 Å². The Balaban J connectivity index is 0.000000131. The summed E-state index contributed by atoms with van der Waals surface area (Å²) in [6.45, 7) is 5.67. The number of sulfone groups is 2. The van der Waals surface area contributed by atoms with E-state index >= 15 is 0 Å².